The molecule has 1 aromatic carbocycles. The van der Waals surface area contributed by atoms with Gasteiger partial charge in [-0.2, -0.15) is 0 Å². The molecule has 0 fully saturated rings. The second-order valence-corrected chi connectivity index (χ2v) is 4.80. The molecule has 6 nitrogen and oxygen atoms in total. The van der Waals surface area contributed by atoms with Crippen molar-refractivity contribution in [3.63, 3.8) is 0 Å². The highest BCUT2D eigenvalue weighted by atomic mass is 127. The molecule has 0 aliphatic rings. The molecule has 0 unspecified atom stereocenters. The van der Waals surface area contributed by atoms with Crippen LogP contribution in [-0.2, 0) is 16.0 Å². The average Bonchev–Trinajstić information content (AvgIpc) is 2.52. The maximum atomic E-state index is 5.78. The van der Waals surface area contributed by atoms with Crippen LogP contribution in [0.25, 0.3) is 0 Å². The summed E-state index contributed by atoms with van der Waals surface area (Å²) in [5.74, 6) is 1.61. The quantitative estimate of drug-likeness (QED) is 0.268. The number of hydrogen-bond acceptors (Lipinski definition) is 4. The van der Waals surface area contributed by atoms with E-state index in [0.717, 1.165) is 17.3 Å². The zero-order chi connectivity index (χ0) is 16.2. The number of hydrogen-bond donors (Lipinski definition) is 2. The number of guanidine groups is 1. The summed E-state index contributed by atoms with van der Waals surface area (Å²) in [5, 5.41) is 6.44. The third-order valence-electron chi connectivity index (χ3n) is 3.04. The second-order valence-electron chi connectivity index (χ2n) is 4.80. The first-order valence-corrected chi connectivity index (χ1v) is 7.36. The first kappa shape index (κ1) is 21.9. The lowest BCUT2D eigenvalue weighted by atomic mass is 10.1. The lowest BCUT2D eigenvalue weighted by molar-refractivity contribution is 0.145. The Bertz CT molecular complexity index is 470. The van der Waals surface area contributed by atoms with Gasteiger partial charge in [-0.25, -0.2) is 0 Å². The smallest absolute Gasteiger partial charge is 0.191 e. The van der Waals surface area contributed by atoms with E-state index in [9.17, 15) is 0 Å². The van der Waals surface area contributed by atoms with Gasteiger partial charge >= 0.3 is 0 Å². The van der Waals surface area contributed by atoms with Crippen LogP contribution < -0.4 is 15.4 Å². The fourth-order valence-corrected chi connectivity index (χ4v) is 1.85. The van der Waals surface area contributed by atoms with Gasteiger partial charge in [0.2, 0.25) is 0 Å². The molecule has 132 valence electrons. The Morgan fingerprint density at radius 2 is 1.83 bits per heavy atom. The number of halogens is 1. The predicted molar refractivity (Wildman–Crippen MR) is 104 cm³/mol. The standard InChI is InChI=1S/C16H27N3O3.HI/c1-13-5-6-14(15(11-13)22-10-9-21-4)12-19-16(17-2)18-7-8-20-3;/h5-6,11H,7-10,12H2,1-4H3,(H2,17,18,19);1H. The number of nitrogens with zero attached hydrogens (tertiary/aromatic N) is 1. The third kappa shape index (κ3) is 8.97. The van der Waals surface area contributed by atoms with Crippen molar-refractivity contribution in [3.8, 4) is 5.75 Å². The van der Waals surface area contributed by atoms with Gasteiger partial charge in [0.15, 0.2) is 5.96 Å². The molecule has 23 heavy (non-hydrogen) atoms. The number of benzene rings is 1. The van der Waals surface area contributed by atoms with Crippen LogP contribution in [0.15, 0.2) is 23.2 Å². The molecule has 0 aromatic heterocycles. The van der Waals surface area contributed by atoms with Crippen LogP contribution in [-0.4, -0.2) is 53.6 Å². The molecule has 1 aromatic rings. The summed E-state index contributed by atoms with van der Waals surface area (Å²) < 4.78 is 15.8. The van der Waals surface area contributed by atoms with Crippen LogP contribution in [0.4, 0.5) is 0 Å². The van der Waals surface area contributed by atoms with E-state index >= 15 is 0 Å². The van der Waals surface area contributed by atoms with Gasteiger partial charge in [-0.05, 0) is 18.6 Å². The molecule has 0 saturated carbocycles. The summed E-state index contributed by atoms with van der Waals surface area (Å²) in [6.45, 7) is 5.13. The Labute approximate surface area is 156 Å². The third-order valence-corrected chi connectivity index (χ3v) is 3.04. The Morgan fingerprint density at radius 1 is 1.09 bits per heavy atom. The van der Waals surface area contributed by atoms with Crippen molar-refractivity contribution in [2.75, 3.05) is 47.6 Å². The van der Waals surface area contributed by atoms with Crippen molar-refractivity contribution in [3.05, 3.63) is 29.3 Å². The first-order valence-electron chi connectivity index (χ1n) is 7.36. The Kier molecular flexibility index (Phi) is 12.8. The SMILES string of the molecule is CN=C(NCCOC)NCc1ccc(C)cc1OCCOC.I. The zero-order valence-electron chi connectivity index (χ0n) is 14.3. The molecule has 0 amide bonds. The van der Waals surface area contributed by atoms with Crippen LogP contribution in [0.2, 0.25) is 0 Å². The van der Waals surface area contributed by atoms with Crippen LogP contribution in [0.5, 0.6) is 5.75 Å². The highest BCUT2D eigenvalue weighted by molar-refractivity contribution is 14.0. The van der Waals surface area contributed by atoms with Gasteiger partial charge in [-0.15, -0.1) is 24.0 Å². The Morgan fingerprint density at radius 3 is 2.48 bits per heavy atom. The normalized spacial score (nSPS) is 10.9. The molecular formula is C16H28IN3O3. The minimum atomic E-state index is 0. The monoisotopic (exact) mass is 437 g/mol. The van der Waals surface area contributed by atoms with Gasteiger partial charge < -0.3 is 24.8 Å². The molecule has 0 atom stereocenters. The lowest BCUT2D eigenvalue weighted by Crippen LogP contribution is -2.38. The van der Waals surface area contributed by atoms with Crippen molar-refractivity contribution < 1.29 is 14.2 Å². The fraction of sp³-hybridized carbons (Fsp3) is 0.562. The Balaban J connectivity index is 0.00000484. The fourth-order valence-electron chi connectivity index (χ4n) is 1.85. The van der Waals surface area contributed by atoms with Gasteiger partial charge in [0.25, 0.3) is 0 Å². The molecule has 0 bridgehead atoms. The molecule has 1 rings (SSSR count). The topological polar surface area (TPSA) is 64.1 Å². The number of nitrogens with one attached hydrogen (secondary N) is 2. The Hall–Kier alpha value is -1.06. The summed E-state index contributed by atoms with van der Waals surface area (Å²) in [6.07, 6.45) is 0. The number of ether oxygens (including phenoxy) is 3. The maximum absolute atomic E-state index is 5.78. The van der Waals surface area contributed by atoms with Gasteiger partial charge in [0, 0.05) is 39.9 Å². The van der Waals surface area contributed by atoms with E-state index in [1.54, 1.807) is 21.3 Å². The first-order chi connectivity index (χ1) is 10.7. The van der Waals surface area contributed by atoms with Gasteiger partial charge in [-0.3, -0.25) is 4.99 Å². The molecule has 7 heteroatoms. The van der Waals surface area contributed by atoms with E-state index in [-0.39, 0.29) is 24.0 Å². The second kappa shape index (κ2) is 13.4. The van der Waals surface area contributed by atoms with Crippen molar-refractivity contribution in [1.29, 1.82) is 0 Å². The maximum Gasteiger partial charge on any atom is 0.191 e. The summed E-state index contributed by atoms with van der Waals surface area (Å²) in [4.78, 5) is 4.18. The van der Waals surface area contributed by atoms with Gasteiger partial charge in [0.05, 0.1) is 13.2 Å². The van der Waals surface area contributed by atoms with Crippen LogP contribution in [0.3, 0.4) is 0 Å². The van der Waals surface area contributed by atoms with Crippen molar-refractivity contribution in [2.24, 2.45) is 4.99 Å². The van der Waals surface area contributed by atoms with E-state index < -0.39 is 0 Å². The van der Waals surface area contributed by atoms with Gasteiger partial charge in [-0.1, -0.05) is 12.1 Å². The van der Waals surface area contributed by atoms with E-state index in [0.29, 0.717) is 32.9 Å². The van der Waals surface area contributed by atoms with Crippen LogP contribution in [0, 0.1) is 6.92 Å². The molecule has 2 N–H and O–H groups in total. The number of rotatable bonds is 9. The van der Waals surface area contributed by atoms with Crippen LogP contribution in [0.1, 0.15) is 11.1 Å². The summed E-state index contributed by atoms with van der Waals surface area (Å²) >= 11 is 0. The highest BCUT2D eigenvalue weighted by Gasteiger charge is 2.06. The number of aryl methyl sites for hydroxylation is 1. The summed E-state index contributed by atoms with van der Waals surface area (Å²) in [7, 11) is 5.08. The highest BCUT2D eigenvalue weighted by Crippen LogP contribution is 2.20. The molecule has 0 radical (unpaired) electrons. The van der Waals surface area contributed by atoms with E-state index in [4.69, 9.17) is 14.2 Å². The lowest BCUT2D eigenvalue weighted by Gasteiger charge is -2.15. The molecule has 0 heterocycles. The number of methoxy groups -OCH3 is 2. The predicted octanol–water partition coefficient (Wildman–Crippen LogP) is 1.95. The molecule has 0 aliphatic carbocycles. The molecule has 0 spiro atoms. The minimum Gasteiger partial charge on any atom is -0.491 e. The summed E-state index contributed by atoms with van der Waals surface area (Å²) in [6, 6.07) is 6.17. The largest absolute Gasteiger partial charge is 0.491 e. The van der Waals surface area contributed by atoms with E-state index in [2.05, 4.69) is 27.8 Å². The van der Waals surface area contributed by atoms with Crippen molar-refractivity contribution in [2.45, 2.75) is 13.5 Å². The zero-order valence-corrected chi connectivity index (χ0v) is 16.7. The number of aliphatic imine (C=N–C) groups is 1. The average molecular weight is 437 g/mol. The molecule has 0 aliphatic heterocycles. The molecular weight excluding hydrogens is 409 g/mol. The molecule has 0 saturated heterocycles. The minimum absolute atomic E-state index is 0. The summed E-state index contributed by atoms with van der Waals surface area (Å²) in [5.41, 5.74) is 2.25. The van der Waals surface area contributed by atoms with E-state index in [1.165, 1.54) is 5.56 Å². The van der Waals surface area contributed by atoms with Crippen LogP contribution >= 0.6 is 24.0 Å². The van der Waals surface area contributed by atoms with Crippen molar-refractivity contribution in [1.82, 2.24) is 10.6 Å². The van der Waals surface area contributed by atoms with E-state index in [1.807, 2.05) is 13.0 Å². The van der Waals surface area contributed by atoms with Gasteiger partial charge in [0.1, 0.15) is 12.4 Å². The van der Waals surface area contributed by atoms with Crippen molar-refractivity contribution >= 4 is 29.9 Å².